The van der Waals surface area contributed by atoms with E-state index in [0.29, 0.717) is 6.42 Å². The number of likely N-dealkylation sites (N-methyl/N-ethyl adjacent to an activating group) is 1. The first-order valence-corrected chi connectivity index (χ1v) is 8.04. The van der Waals surface area contributed by atoms with E-state index in [0.717, 1.165) is 17.7 Å². The lowest BCUT2D eigenvalue weighted by Crippen LogP contribution is -2.48. The number of amides is 1. The normalized spacial score (nSPS) is 13.9. The Balaban J connectivity index is 2.60. The minimum Gasteiger partial charge on any atom is -0.341 e. The zero-order valence-corrected chi connectivity index (χ0v) is 12.8. The first-order chi connectivity index (χ1) is 9.10. The van der Waals surface area contributed by atoms with Crippen LogP contribution in [0.25, 0.3) is 0 Å². The lowest BCUT2D eigenvalue weighted by molar-refractivity contribution is -0.133. The Morgan fingerprint density at radius 2 is 2.00 bits per heavy atom. The van der Waals surface area contributed by atoms with Gasteiger partial charge in [-0.15, -0.1) is 0 Å². The predicted octanol–water partition coefficient (Wildman–Crippen LogP) is 2.16. The molecule has 0 fully saturated rings. The van der Waals surface area contributed by atoms with E-state index in [1.54, 1.807) is 11.8 Å². The monoisotopic (exact) mass is 280 g/mol. The number of nitrogens with zero attached hydrogens (tertiary/aromatic N) is 1. The van der Waals surface area contributed by atoms with E-state index < -0.39 is 6.04 Å². The molecule has 0 aliphatic heterocycles. The van der Waals surface area contributed by atoms with E-state index >= 15 is 0 Å². The molecule has 0 spiro atoms. The summed E-state index contributed by atoms with van der Waals surface area (Å²) in [5, 5.41) is 0. The van der Waals surface area contributed by atoms with Gasteiger partial charge in [-0.25, -0.2) is 0 Å². The van der Waals surface area contributed by atoms with Gasteiger partial charge in [-0.05, 0) is 24.7 Å². The molecule has 19 heavy (non-hydrogen) atoms. The lowest BCUT2D eigenvalue weighted by Gasteiger charge is -2.29. The van der Waals surface area contributed by atoms with Crippen molar-refractivity contribution in [3.63, 3.8) is 0 Å². The minimum absolute atomic E-state index is 0.0322. The van der Waals surface area contributed by atoms with Crippen LogP contribution in [-0.2, 0) is 11.2 Å². The number of rotatable bonds is 7. The van der Waals surface area contributed by atoms with Gasteiger partial charge in [0.25, 0.3) is 0 Å². The first-order valence-electron chi connectivity index (χ1n) is 6.65. The zero-order chi connectivity index (χ0) is 14.3. The Labute approximate surface area is 120 Å². The van der Waals surface area contributed by atoms with Gasteiger partial charge in [0.15, 0.2) is 0 Å². The fourth-order valence-electron chi connectivity index (χ4n) is 2.09. The number of benzene rings is 1. The molecule has 0 heterocycles. The molecule has 0 aliphatic rings. The summed E-state index contributed by atoms with van der Waals surface area (Å²) in [6, 6.07) is 9.73. The van der Waals surface area contributed by atoms with Crippen molar-refractivity contribution in [3.8, 4) is 0 Å². The topological polar surface area (TPSA) is 46.3 Å². The van der Waals surface area contributed by atoms with E-state index in [2.05, 4.69) is 13.2 Å². The quantitative estimate of drug-likeness (QED) is 0.832. The van der Waals surface area contributed by atoms with Gasteiger partial charge in [0.05, 0.1) is 6.04 Å². The molecule has 0 radical (unpaired) electrons. The third-order valence-electron chi connectivity index (χ3n) is 3.34. The maximum atomic E-state index is 12.3. The largest absolute Gasteiger partial charge is 0.341 e. The van der Waals surface area contributed by atoms with Crippen molar-refractivity contribution in [3.05, 3.63) is 35.9 Å². The van der Waals surface area contributed by atoms with E-state index in [1.807, 2.05) is 42.3 Å². The molecule has 2 atom stereocenters. The summed E-state index contributed by atoms with van der Waals surface area (Å²) >= 11 is 1.76. The van der Waals surface area contributed by atoms with Crippen LogP contribution in [0, 0.1) is 0 Å². The molecule has 1 unspecified atom stereocenters. The van der Waals surface area contributed by atoms with Crippen molar-refractivity contribution in [1.29, 1.82) is 0 Å². The molecule has 1 rings (SSSR count). The fraction of sp³-hybridized carbons (Fsp3) is 0.533. The SMILES string of the molecule is CCC(CSC)N(C)C(=O)[C@@H](N)Cc1ccccc1. The maximum Gasteiger partial charge on any atom is 0.239 e. The summed E-state index contributed by atoms with van der Waals surface area (Å²) in [6.45, 7) is 2.10. The summed E-state index contributed by atoms with van der Waals surface area (Å²) in [7, 11) is 1.86. The highest BCUT2D eigenvalue weighted by atomic mass is 32.2. The summed E-state index contributed by atoms with van der Waals surface area (Å²) < 4.78 is 0. The van der Waals surface area contributed by atoms with E-state index in [9.17, 15) is 4.79 Å². The number of hydrogen-bond acceptors (Lipinski definition) is 3. The van der Waals surface area contributed by atoms with Crippen molar-refractivity contribution < 1.29 is 4.79 Å². The van der Waals surface area contributed by atoms with Crippen molar-refractivity contribution in [2.45, 2.75) is 31.8 Å². The Hall–Kier alpha value is -1.00. The molecule has 1 aromatic rings. The standard InChI is InChI=1S/C15H24N2OS/c1-4-13(11-19-3)17(2)15(18)14(16)10-12-8-6-5-7-9-12/h5-9,13-14H,4,10-11,16H2,1-3H3/t13?,14-/m0/s1. The average Bonchev–Trinajstić information content (AvgIpc) is 2.44. The Kier molecular flexibility index (Phi) is 6.95. The molecule has 1 amide bonds. The Morgan fingerprint density at radius 1 is 1.37 bits per heavy atom. The van der Waals surface area contributed by atoms with Crippen molar-refractivity contribution in [2.75, 3.05) is 19.1 Å². The minimum atomic E-state index is -0.455. The maximum absolute atomic E-state index is 12.3. The van der Waals surface area contributed by atoms with Gasteiger partial charge >= 0.3 is 0 Å². The molecule has 1 aromatic carbocycles. The van der Waals surface area contributed by atoms with Crippen LogP contribution in [0.5, 0.6) is 0 Å². The van der Waals surface area contributed by atoms with E-state index in [1.165, 1.54) is 0 Å². The molecule has 2 N–H and O–H groups in total. The second kappa shape index (κ2) is 8.23. The van der Waals surface area contributed by atoms with Crippen LogP contribution in [0.1, 0.15) is 18.9 Å². The first kappa shape index (κ1) is 16.1. The molecule has 0 saturated heterocycles. The Morgan fingerprint density at radius 3 is 2.53 bits per heavy atom. The highest BCUT2D eigenvalue weighted by molar-refractivity contribution is 7.98. The molecule has 0 bridgehead atoms. The second-order valence-electron chi connectivity index (χ2n) is 4.76. The summed E-state index contributed by atoms with van der Waals surface area (Å²) in [5.41, 5.74) is 7.15. The molecule has 0 aliphatic carbocycles. The number of carbonyl (C=O) groups excluding carboxylic acids is 1. The Bertz CT molecular complexity index is 383. The van der Waals surface area contributed by atoms with E-state index in [-0.39, 0.29) is 11.9 Å². The second-order valence-corrected chi connectivity index (χ2v) is 5.67. The van der Waals surface area contributed by atoms with E-state index in [4.69, 9.17) is 5.73 Å². The van der Waals surface area contributed by atoms with Crippen LogP contribution >= 0.6 is 11.8 Å². The van der Waals surface area contributed by atoms with Gasteiger partial charge in [-0.3, -0.25) is 4.79 Å². The summed E-state index contributed by atoms with van der Waals surface area (Å²) in [6.07, 6.45) is 3.62. The number of carbonyl (C=O) groups is 1. The number of thioether (sulfide) groups is 1. The van der Waals surface area contributed by atoms with Gasteiger partial charge in [0.1, 0.15) is 0 Å². The average molecular weight is 280 g/mol. The van der Waals surface area contributed by atoms with Crippen LogP contribution in [0.2, 0.25) is 0 Å². The number of nitrogens with two attached hydrogens (primary N) is 1. The lowest BCUT2D eigenvalue weighted by atomic mass is 10.0. The van der Waals surface area contributed by atoms with Crippen molar-refractivity contribution in [2.24, 2.45) is 5.73 Å². The van der Waals surface area contributed by atoms with Crippen LogP contribution in [0.3, 0.4) is 0 Å². The summed E-state index contributed by atoms with van der Waals surface area (Å²) in [4.78, 5) is 14.1. The number of hydrogen-bond donors (Lipinski definition) is 1. The third kappa shape index (κ3) is 4.88. The van der Waals surface area contributed by atoms with Gasteiger partial charge < -0.3 is 10.6 Å². The third-order valence-corrected chi connectivity index (χ3v) is 4.06. The van der Waals surface area contributed by atoms with Gasteiger partial charge in [-0.2, -0.15) is 11.8 Å². The predicted molar refractivity (Wildman–Crippen MR) is 83.4 cm³/mol. The molecule has 0 saturated carbocycles. The molecule has 0 aromatic heterocycles. The van der Waals surface area contributed by atoms with Crippen LogP contribution in [0.15, 0.2) is 30.3 Å². The van der Waals surface area contributed by atoms with Gasteiger partial charge in [-0.1, -0.05) is 37.3 Å². The highest BCUT2D eigenvalue weighted by Gasteiger charge is 2.23. The fourth-order valence-corrected chi connectivity index (χ4v) is 2.94. The van der Waals surface area contributed by atoms with Crippen molar-refractivity contribution >= 4 is 17.7 Å². The zero-order valence-electron chi connectivity index (χ0n) is 12.0. The van der Waals surface area contributed by atoms with Crippen molar-refractivity contribution in [1.82, 2.24) is 4.90 Å². The molecular formula is C15H24N2OS. The van der Waals surface area contributed by atoms with Gasteiger partial charge in [0, 0.05) is 18.8 Å². The summed E-state index contributed by atoms with van der Waals surface area (Å²) in [5.74, 6) is 0.987. The molecular weight excluding hydrogens is 256 g/mol. The van der Waals surface area contributed by atoms with Crippen LogP contribution in [0.4, 0.5) is 0 Å². The molecule has 106 valence electrons. The molecule has 3 nitrogen and oxygen atoms in total. The van der Waals surface area contributed by atoms with Crippen LogP contribution < -0.4 is 5.73 Å². The van der Waals surface area contributed by atoms with Crippen LogP contribution in [-0.4, -0.2) is 41.9 Å². The smallest absolute Gasteiger partial charge is 0.239 e. The molecule has 4 heteroatoms. The highest BCUT2D eigenvalue weighted by Crippen LogP contribution is 2.11. The van der Waals surface area contributed by atoms with Gasteiger partial charge in [0.2, 0.25) is 5.91 Å².